The van der Waals surface area contributed by atoms with E-state index in [0.29, 0.717) is 12.1 Å². The lowest BCUT2D eigenvalue weighted by molar-refractivity contribution is -0.387. The summed E-state index contributed by atoms with van der Waals surface area (Å²) in [5, 5.41) is 10.6. The average molecular weight is 320 g/mol. The van der Waals surface area contributed by atoms with Crippen LogP contribution in [0.15, 0.2) is 12.1 Å². The number of halogens is 2. The fourth-order valence-corrected chi connectivity index (χ4v) is 3.15. The van der Waals surface area contributed by atoms with Crippen molar-refractivity contribution in [1.29, 1.82) is 0 Å². The first-order chi connectivity index (χ1) is 9.71. The van der Waals surface area contributed by atoms with Crippen LogP contribution in [0.3, 0.4) is 0 Å². The van der Waals surface area contributed by atoms with E-state index in [2.05, 4.69) is 0 Å². The summed E-state index contributed by atoms with van der Waals surface area (Å²) in [5.41, 5.74) is -1.91. The summed E-state index contributed by atoms with van der Waals surface area (Å²) in [6.45, 7) is -0.324. The lowest BCUT2D eigenvalue weighted by Gasteiger charge is -2.26. The van der Waals surface area contributed by atoms with Gasteiger partial charge in [-0.15, -0.1) is 0 Å². The highest BCUT2D eigenvalue weighted by Gasteiger charge is 2.30. The second-order valence-corrected chi connectivity index (χ2v) is 6.79. The van der Waals surface area contributed by atoms with Gasteiger partial charge in [0.05, 0.1) is 28.1 Å². The molecule has 0 aliphatic carbocycles. The fraction of sp³-hybridized carbons (Fsp3) is 0.364. The minimum absolute atomic E-state index is 0.162. The standard InChI is InChI=1S/C11H10F2N2O5S/c12-7-5-8(10(13)9(6-7)15(17)18)11(16)14-1-3-21(19,20)4-2-14/h5-6H,1-4H2. The molecule has 0 unspecified atom stereocenters. The van der Waals surface area contributed by atoms with Crippen LogP contribution in [0.1, 0.15) is 10.4 Å². The predicted octanol–water partition coefficient (Wildman–Crippen LogP) is 0.744. The van der Waals surface area contributed by atoms with Gasteiger partial charge in [-0.3, -0.25) is 14.9 Å². The van der Waals surface area contributed by atoms with Crippen LogP contribution in [0.5, 0.6) is 0 Å². The van der Waals surface area contributed by atoms with E-state index in [4.69, 9.17) is 0 Å². The molecule has 1 aromatic rings. The van der Waals surface area contributed by atoms with Gasteiger partial charge in [0.2, 0.25) is 5.82 Å². The van der Waals surface area contributed by atoms with Gasteiger partial charge in [0, 0.05) is 13.1 Å². The first-order valence-corrected chi connectivity index (χ1v) is 7.66. The molecule has 0 N–H and O–H groups in total. The first-order valence-electron chi connectivity index (χ1n) is 5.84. The van der Waals surface area contributed by atoms with Gasteiger partial charge in [-0.25, -0.2) is 12.8 Å². The van der Waals surface area contributed by atoms with Crippen molar-refractivity contribution >= 4 is 21.4 Å². The highest BCUT2D eigenvalue weighted by molar-refractivity contribution is 7.91. The summed E-state index contributed by atoms with van der Waals surface area (Å²) in [6.07, 6.45) is 0. The number of hydrogen-bond acceptors (Lipinski definition) is 5. The third kappa shape index (κ3) is 3.15. The van der Waals surface area contributed by atoms with Crippen LogP contribution < -0.4 is 0 Å². The maximum Gasteiger partial charge on any atom is 0.308 e. The smallest absolute Gasteiger partial charge is 0.308 e. The number of sulfone groups is 1. The van der Waals surface area contributed by atoms with Crippen molar-refractivity contribution < 1.29 is 26.9 Å². The molecule has 10 heteroatoms. The largest absolute Gasteiger partial charge is 0.337 e. The number of nitrogens with zero attached hydrogens (tertiary/aromatic N) is 2. The summed E-state index contributed by atoms with van der Waals surface area (Å²) >= 11 is 0. The highest BCUT2D eigenvalue weighted by atomic mass is 32.2. The molecule has 0 bridgehead atoms. The van der Waals surface area contributed by atoms with Crippen LogP contribution >= 0.6 is 0 Å². The molecule has 1 aromatic carbocycles. The zero-order chi connectivity index (χ0) is 15.8. The summed E-state index contributed by atoms with van der Waals surface area (Å²) in [4.78, 5) is 22.6. The van der Waals surface area contributed by atoms with E-state index in [-0.39, 0.29) is 24.6 Å². The van der Waals surface area contributed by atoms with E-state index >= 15 is 0 Å². The van der Waals surface area contributed by atoms with Crippen LogP contribution in [0.2, 0.25) is 0 Å². The van der Waals surface area contributed by atoms with Crippen LogP contribution in [0, 0.1) is 21.7 Å². The molecule has 21 heavy (non-hydrogen) atoms. The van der Waals surface area contributed by atoms with Crippen molar-refractivity contribution in [1.82, 2.24) is 4.90 Å². The topological polar surface area (TPSA) is 97.6 Å². The second-order valence-electron chi connectivity index (χ2n) is 4.49. The maximum absolute atomic E-state index is 13.9. The molecule has 1 aliphatic heterocycles. The molecule has 114 valence electrons. The summed E-state index contributed by atoms with van der Waals surface area (Å²) in [5.74, 6) is -4.07. The van der Waals surface area contributed by atoms with Crippen molar-refractivity contribution in [3.05, 3.63) is 39.4 Å². The van der Waals surface area contributed by atoms with Crippen LogP contribution in [-0.2, 0) is 9.84 Å². The predicted molar refractivity (Wildman–Crippen MR) is 67.6 cm³/mol. The molecule has 1 amide bonds. The van der Waals surface area contributed by atoms with Crippen molar-refractivity contribution in [2.24, 2.45) is 0 Å². The highest BCUT2D eigenvalue weighted by Crippen LogP contribution is 2.24. The number of nitro benzene ring substituents is 1. The van der Waals surface area contributed by atoms with Crippen molar-refractivity contribution in [2.45, 2.75) is 0 Å². The Kier molecular flexibility index (Phi) is 3.90. The SMILES string of the molecule is O=C(c1cc(F)cc([N+](=O)[O-])c1F)N1CCS(=O)(=O)CC1. The molecule has 0 saturated carbocycles. The molecule has 1 aliphatic rings. The van der Waals surface area contributed by atoms with Gasteiger partial charge in [-0.05, 0) is 6.07 Å². The molecule has 1 saturated heterocycles. The minimum atomic E-state index is -3.24. The summed E-state index contributed by atoms with van der Waals surface area (Å²) < 4.78 is 49.7. The Morgan fingerprint density at radius 1 is 1.24 bits per heavy atom. The van der Waals surface area contributed by atoms with Crippen LogP contribution in [0.4, 0.5) is 14.5 Å². The number of amides is 1. The molecular formula is C11H10F2N2O5S. The molecule has 0 spiro atoms. The van der Waals surface area contributed by atoms with E-state index in [1.807, 2.05) is 0 Å². The van der Waals surface area contributed by atoms with E-state index < -0.39 is 43.6 Å². The molecule has 0 radical (unpaired) electrons. The average Bonchev–Trinajstić information content (AvgIpc) is 2.40. The van der Waals surface area contributed by atoms with E-state index in [0.717, 1.165) is 4.90 Å². The van der Waals surface area contributed by atoms with E-state index in [9.17, 15) is 32.1 Å². The quantitative estimate of drug-likeness (QED) is 0.591. The van der Waals surface area contributed by atoms with Crippen molar-refractivity contribution in [3.8, 4) is 0 Å². The Hall–Kier alpha value is -2.10. The van der Waals surface area contributed by atoms with Gasteiger partial charge in [-0.1, -0.05) is 0 Å². The number of hydrogen-bond donors (Lipinski definition) is 0. The maximum atomic E-state index is 13.9. The number of carbonyl (C=O) groups excluding carboxylic acids is 1. The van der Waals surface area contributed by atoms with Crippen LogP contribution in [0.25, 0.3) is 0 Å². The first kappa shape index (κ1) is 15.3. The molecule has 0 aromatic heterocycles. The zero-order valence-corrected chi connectivity index (χ0v) is 11.4. The normalized spacial score (nSPS) is 17.5. The second kappa shape index (κ2) is 5.35. The fourth-order valence-electron chi connectivity index (χ4n) is 1.95. The van der Waals surface area contributed by atoms with Gasteiger partial charge >= 0.3 is 5.69 Å². The lowest BCUT2D eigenvalue weighted by atomic mass is 10.1. The molecule has 0 atom stereocenters. The monoisotopic (exact) mass is 320 g/mol. The summed E-state index contributed by atoms with van der Waals surface area (Å²) in [6, 6.07) is 0.945. The molecule has 2 rings (SSSR count). The minimum Gasteiger partial charge on any atom is -0.337 e. The van der Waals surface area contributed by atoms with Gasteiger partial charge in [0.15, 0.2) is 9.84 Å². The number of benzene rings is 1. The molecular weight excluding hydrogens is 310 g/mol. The Morgan fingerprint density at radius 2 is 1.81 bits per heavy atom. The Balaban J connectivity index is 2.34. The van der Waals surface area contributed by atoms with Gasteiger partial charge in [0.1, 0.15) is 5.82 Å². The lowest BCUT2D eigenvalue weighted by Crippen LogP contribution is -2.44. The van der Waals surface area contributed by atoms with Crippen molar-refractivity contribution in [2.75, 3.05) is 24.6 Å². The van der Waals surface area contributed by atoms with Gasteiger partial charge < -0.3 is 4.90 Å². The van der Waals surface area contributed by atoms with Gasteiger partial charge in [0.25, 0.3) is 5.91 Å². The summed E-state index contributed by atoms with van der Waals surface area (Å²) in [7, 11) is -3.24. The number of carbonyl (C=O) groups is 1. The van der Waals surface area contributed by atoms with Crippen molar-refractivity contribution in [3.63, 3.8) is 0 Å². The molecule has 7 nitrogen and oxygen atoms in total. The number of rotatable bonds is 2. The third-order valence-corrected chi connectivity index (χ3v) is 4.69. The Morgan fingerprint density at radius 3 is 2.33 bits per heavy atom. The third-order valence-electron chi connectivity index (χ3n) is 3.08. The zero-order valence-electron chi connectivity index (χ0n) is 10.6. The van der Waals surface area contributed by atoms with E-state index in [1.165, 1.54) is 0 Å². The van der Waals surface area contributed by atoms with Gasteiger partial charge in [-0.2, -0.15) is 4.39 Å². The Bertz CT molecular complexity index is 706. The molecule has 1 fully saturated rings. The van der Waals surface area contributed by atoms with Crippen LogP contribution in [-0.4, -0.2) is 48.7 Å². The Labute approximate surface area is 118 Å². The van der Waals surface area contributed by atoms with E-state index in [1.54, 1.807) is 0 Å². The molecule has 1 heterocycles. The number of nitro groups is 1.